The number of aryl methyl sites for hydroxylation is 1. The standard InChI is InChI=1S/C13H14N2/c1-10-2-3-11(9-14)8-13(10)12-4-6-15-7-5-12/h2-8H,9,14H2,1H3. The molecule has 0 atom stereocenters. The molecule has 2 nitrogen and oxygen atoms in total. The lowest BCUT2D eigenvalue weighted by Gasteiger charge is -2.07. The minimum absolute atomic E-state index is 0.582. The second-order valence-electron chi connectivity index (χ2n) is 3.59. The van der Waals surface area contributed by atoms with Gasteiger partial charge in [-0.25, -0.2) is 0 Å². The van der Waals surface area contributed by atoms with Crippen LogP contribution in [0, 0.1) is 6.92 Å². The molecule has 0 unspecified atom stereocenters. The zero-order valence-corrected chi connectivity index (χ0v) is 8.77. The molecule has 0 saturated heterocycles. The summed E-state index contributed by atoms with van der Waals surface area (Å²) in [7, 11) is 0. The number of hydrogen-bond donors (Lipinski definition) is 1. The van der Waals surface area contributed by atoms with Crippen LogP contribution in [-0.4, -0.2) is 4.98 Å². The molecule has 1 aromatic heterocycles. The molecule has 1 heterocycles. The van der Waals surface area contributed by atoms with Crippen molar-refractivity contribution in [1.29, 1.82) is 0 Å². The molecule has 0 aliphatic rings. The van der Waals surface area contributed by atoms with Gasteiger partial charge in [0, 0.05) is 18.9 Å². The third-order valence-corrected chi connectivity index (χ3v) is 2.53. The minimum atomic E-state index is 0.582. The summed E-state index contributed by atoms with van der Waals surface area (Å²) in [6, 6.07) is 10.4. The van der Waals surface area contributed by atoms with Crippen molar-refractivity contribution < 1.29 is 0 Å². The average molecular weight is 198 g/mol. The van der Waals surface area contributed by atoms with Gasteiger partial charge in [0.1, 0.15) is 0 Å². The number of rotatable bonds is 2. The number of hydrogen-bond acceptors (Lipinski definition) is 2. The second-order valence-corrected chi connectivity index (χ2v) is 3.59. The fraction of sp³-hybridized carbons (Fsp3) is 0.154. The minimum Gasteiger partial charge on any atom is -0.326 e. The van der Waals surface area contributed by atoms with Crippen LogP contribution in [-0.2, 0) is 6.54 Å². The van der Waals surface area contributed by atoms with Gasteiger partial charge in [-0.2, -0.15) is 0 Å². The first-order valence-electron chi connectivity index (χ1n) is 5.01. The second kappa shape index (κ2) is 4.24. The molecular weight excluding hydrogens is 184 g/mol. The van der Waals surface area contributed by atoms with Gasteiger partial charge in [0.25, 0.3) is 0 Å². The van der Waals surface area contributed by atoms with Gasteiger partial charge in [-0.05, 0) is 47.4 Å². The Balaban J connectivity index is 2.52. The van der Waals surface area contributed by atoms with Crippen LogP contribution in [0.5, 0.6) is 0 Å². The van der Waals surface area contributed by atoms with Crippen molar-refractivity contribution in [2.45, 2.75) is 13.5 Å². The highest BCUT2D eigenvalue weighted by Crippen LogP contribution is 2.23. The van der Waals surface area contributed by atoms with Crippen LogP contribution in [0.4, 0.5) is 0 Å². The number of aromatic nitrogens is 1. The summed E-state index contributed by atoms with van der Waals surface area (Å²) in [5.74, 6) is 0. The normalized spacial score (nSPS) is 10.3. The van der Waals surface area contributed by atoms with Gasteiger partial charge in [-0.3, -0.25) is 4.98 Å². The lowest BCUT2D eigenvalue weighted by molar-refractivity contribution is 1.07. The van der Waals surface area contributed by atoms with E-state index in [2.05, 4.69) is 30.1 Å². The van der Waals surface area contributed by atoms with Crippen LogP contribution in [0.25, 0.3) is 11.1 Å². The fourth-order valence-corrected chi connectivity index (χ4v) is 1.64. The summed E-state index contributed by atoms with van der Waals surface area (Å²) in [6.45, 7) is 2.69. The maximum atomic E-state index is 5.63. The van der Waals surface area contributed by atoms with E-state index in [-0.39, 0.29) is 0 Å². The van der Waals surface area contributed by atoms with E-state index < -0.39 is 0 Å². The number of nitrogens with two attached hydrogens (primary N) is 1. The molecular formula is C13H14N2. The van der Waals surface area contributed by atoms with Crippen molar-refractivity contribution in [2.24, 2.45) is 5.73 Å². The predicted molar refractivity (Wildman–Crippen MR) is 62.3 cm³/mol. The highest BCUT2D eigenvalue weighted by molar-refractivity contribution is 5.67. The molecule has 1 aromatic carbocycles. The Kier molecular flexibility index (Phi) is 2.79. The van der Waals surface area contributed by atoms with Crippen molar-refractivity contribution >= 4 is 0 Å². The van der Waals surface area contributed by atoms with Gasteiger partial charge in [0.2, 0.25) is 0 Å². The first kappa shape index (κ1) is 9.87. The van der Waals surface area contributed by atoms with Crippen LogP contribution in [0.1, 0.15) is 11.1 Å². The van der Waals surface area contributed by atoms with E-state index in [1.165, 1.54) is 16.7 Å². The molecule has 0 fully saturated rings. The van der Waals surface area contributed by atoms with Crippen LogP contribution in [0.2, 0.25) is 0 Å². The number of nitrogens with zero attached hydrogens (tertiary/aromatic N) is 1. The monoisotopic (exact) mass is 198 g/mol. The van der Waals surface area contributed by atoms with Crippen LogP contribution >= 0.6 is 0 Å². The summed E-state index contributed by atoms with van der Waals surface area (Å²) in [4.78, 5) is 4.02. The van der Waals surface area contributed by atoms with E-state index in [0.29, 0.717) is 6.54 Å². The van der Waals surface area contributed by atoms with E-state index in [4.69, 9.17) is 5.73 Å². The molecule has 2 heteroatoms. The van der Waals surface area contributed by atoms with Crippen molar-refractivity contribution in [3.05, 3.63) is 53.9 Å². The zero-order chi connectivity index (χ0) is 10.7. The summed E-state index contributed by atoms with van der Waals surface area (Å²) in [5.41, 5.74) is 10.5. The first-order chi connectivity index (χ1) is 7.31. The predicted octanol–water partition coefficient (Wildman–Crippen LogP) is 2.52. The van der Waals surface area contributed by atoms with Crippen LogP contribution in [0.3, 0.4) is 0 Å². The summed E-state index contributed by atoms with van der Waals surface area (Å²) in [6.07, 6.45) is 3.62. The quantitative estimate of drug-likeness (QED) is 0.805. The SMILES string of the molecule is Cc1ccc(CN)cc1-c1ccncc1. The first-order valence-corrected chi connectivity index (χ1v) is 5.01. The zero-order valence-electron chi connectivity index (χ0n) is 8.77. The molecule has 0 spiro atoms. The van der Waals surface area contributed by atoms with Gasteiger partial charge >= 0.3 is 0 Å². The maximum absolute atomic E-state index is 5.63. The summed E-state index contributed by atoms with van der Waals surface area (Å²) >= 11 is 0. The Morgan fingerprint density at radius 2 is 1.87 bits per heavy atom. The molecule has 0 radical (unpaired) electrons. The molecule has 15 heavy (non-hydrogen) atoms. The maximum Gasteiger partial charge on any atom is 0.0273 e. The van der Waals surface area contributed by atoms with Crippen molar-refractivity contribution in [1.82, 2.24) is 4.98 Å². The summed E-state index contributed by atoms with van der Waals surface area (Å²) in [5, 5.41) is 0. The van der Waals surface area contributed by atoms with E-state index in [1.807, 2.05) is 24.5 Å². The molecule has 2 N–H and O–H groups in total. The average Bonchev–Trinajstić information content (AvgIpc) is 2.31. The van der Waals surface area contributed by atoms with Gasteiger partial charge in [0.05, 0.1) is 0 Å². The highest BCUT2D eigenvalue weighted by atomic mass is 14.6. The molecule has 0 aliphatic heterocycles. The third-order valence-electron chi connectivity index (χ3n) is 2.53. The number of benzene rings is 1. The third kappa shape index (κ3) is 2.05. The summed E-state index contributed by atoms with van der Waals surface area (Å²) < 4.78 is 0. The van der Waals surface area contributed by atoms with Gasteiger partial charge < -0.3 is 5.73 Å². The molecule has 76 valence electrons. The van der Waals surface area contributed by atoms with Crippen LogP contribution in [0.15, 0.2) is 42.7 Å². The van der Waals surface area contributed by atoms with Crippen molar-refractivity contribution in [3.8, 4) is 11.1 Å². The van der Waals surface area contributed by atoms with E-state index in [1.54, 1.807) is 0 Å². The highest BCUT2D eigenvalue weighted by Gasteiger charge is 2.01. The lowest BCUT2D eigenvalue weighted by Crippen LogP contribution is -1.97. The fourth-order valence-electron chi connectivity index (χ4n) is 1.64. The number of pyridine rings is 1. The lowest BCUT2D eigenvalue weighted by atomic mass is 9.99. The molecule has 2 rings (SSSR count). The Hall–Kier alpha value is -1.67. The Bertz CT molecular complexity index is 449. The molecule has 2 aromatic rings. The van der Waals surface area contributed by atoms with Gasteiger partial charge in [-0.1, -0.05) is 12.1 Å². The van der Waals surface area contributed by atoms with Gasteiger partial charge in [-0.15, -0.1) is 0 Å². The molecule has 0 bridgehead atoms. The topological polar surface area (TPSA) is 38.9 Å². The Morgan fingerprint density at radius 3 is 2.53 bits per heavy atom. The molecule has 0 amide bonds. The smallest absolute Gasteiger partial charge is 0.0273 e. The Labute approximate surface area is 89.8 Å². The largest absolute Gasteiger partial charge is 0.326 e. The Morgan fingerprint density at radius 1 is 1.13 bits per heavy atom. The van der Waals surface area contributed by atoms with Crippen molar-refractivity contribution in [2.75, 3.05) is 0 Å². The molecule has 0 aliphatic carbocycles. The van der Waals surface area contributed by atoms with E-state index >= 15 is 0 Å². The van der Waals surface area contributed by atoms with Crippen molar-refractivity contribution in [3.63, 3.8) is 0 Å². The van der Waals surface area contributed by atoms with E-state index in [9.17, 15) is 0 Å². The van der Waals surface area contributed by atoms with Gasteiger partial charge in [0.15, 0.2) is 0 Å². The molecule has 0 saturated carbocycles. The van der Waals surface area contributed by atoms with Crippen LogP contribution < -0.4 is 5.73 Å². The van der Waals surface area contributed by atoms with E-state index in [0.717, 1.165) is 5.56 Å².